The third-order valence-corrected chi connectivity index (χ3v) is 5.26. The van der Waals surface area contributed by atoms with Crippen LogP contribution in [0.2, 0.25) is 0 Å². The van der Waals surface area contributed by atoms with E-state index in [1.807, 2.05) is 73.7 Å². The van der Waals surface area contributed by atoms with Crippen LogP contribution in [0.1, 0.15) is 23.7 Å². The first kappa shape index (κ1) is 20.9. The number of nitrogens with one attached hydrogen (secondary N) is 2. The van der Waals surface area contributed by atoms with Gasteiger partial charge in [0.15, 0.2) is 6.10 Å². The van der Waals surface area contributed by atoms with Gasteiger partial charge in [-0.3, -0.25) is 20.4 Å². The monoisotopic (exact) mass is 500 g/mol. The molecule has 3 aromatic carbocycles. The van der Waals surface area contributed by atoms with Gasteiger partial charge in [-0.15, -0.1) is 0 Å². The molecule has 1 atom stereocenters. The van der Waals surface area contributed by atoms with Gasteiger partial charge in [0.1, 0.15) is 5.75 Å². The Kier molecular flexibility index (Phi) is 7.24. The van der Waals surface area contributed by atoms with Gasteiger partial charge in [0.25, 0.3) is 11.8 Å². The standard InChI is InChI=1S/C23H21IN2O3/c1-2-21(23(28)26-25-22(27)19-10-6-7-11-20(19)24)29-18-14-12-17(13-15-18)16-8-4-3-5-9-16/h3-15,21H,2H2,1H3,(H,25,27)(H,26,28). The lowest BCUT2D eigenvalue weighted by molar-refractivity contribution is -0.128. The largest absolute Gasteiger partial charge is 0.481 e. The quantitative estimate of drug-likeness (QED) is 0.385. The van der Waals surface area contributed by atoms with Gasteiger partial charge in [-0.25, -0.2) is 0 Å². The van der Waals surface area contributed by atoms with E-state index in [-0.39, 0.29) is 5.91 Å². The number of amides is 2. The number of benzene rings is 3. The van der Waals surface area contributed by atoms with Crippen molar-refractivity contribution in [1.29, 1.82) is 0 Å². The molecular weight excluding hydrogens is 479 g/mol. The molecule has 0 aliphatic heterocycles. The average molecular weight is 500 g/mol. The topological polar surface area (TPSA) is 67.4 Å². The molecule has 0 heterocycles. The van der Waals surface area contributed by atoms with Crippen LogP contribution in [0.5, 0.6) is 5.75 Å². The molecular formula is C23H21IN2O3. The van der Waals surface area contributed by atoms with E-state index >= 15 is 0 Å². The summed E-state index contributed by atoms with van der Waals surface area (Å²) in [6.07, 6.45) is -0.252. The number of halogens is 1. The van der Waals surface area contributed by atoms with E-state index in [0.29, 0.717) is 17.7 Å². The predicted octanol–water partition coefficient (Wildman–Crippen LogP) is 4.58. The van der Waals surface area contributed by atoms with Crippen molar-refractivity contribution in [2.75, 3.05) is 0 Å². The Balaban J connectivity index is 1.58. The minimum atomic E-state index is -0.715. The van der Waals surface area contributed by atoms with E-state index in [0.717, 1.165) is 14.7 Å². The van der Waals surface area contributed by atoms with Crippen molar-refractivity contribution in [3.63, 3.8) is 0 Å². The number of rotatable bonds is 6. The molecule has 0 spiro atoms. The van der Waals surface area contributed by atoms with Gasteiger partial charge in [-0.2, -0.15) is 0 Å². The first-order valence-corrected chi connectivity index (χ1v) is 10.3. The van der Waals surface area contributed by atoms with Gasteiger partial charge < -0.3 is 4.74 Å². The highest BCUT2D eigenvalue weighted by Crippen LogP contribution is 2.23. The Morgan fingerprint density at radius 2 is 1.48 bits per heavy atom. The maximum absolute atomic E-state index is 12.4. The maximum atomic E-state index is 12.4. The van der Waals surface area contributed by atoms with Crippen LogP contribution >= 0.6 is 22.6 Å². The van der Waals surface area contributed by atoms with Crippen molar-refractivity contribution in [1.82, 2.24) is 10.9 Å². The fourth-order valence-corrected chi connectivity index (χ4v) is 3.39. The molecule has 0 saturated heterocycles. The van der Waals surface area contributed by atoms with Crippen LogP contribution in [-0.2, 0) is 4.79 Å². The lowest BCUT2D eigenvalue weighted by atomic mass is 10.1. The van der Waals surface area contributed by atoms with Crippen molar-refractivity contribution >= 4 is 34.4 Å². The van der Waals surface area contributed by atoms with Crippen LogP contribution < -0.4 is 15.6 Å². The summed E-state index contributed by atoms with van der Waals surface area (Å²) < 4.78 is 6.62. The van der Waals surface area contributed by atoms with Crippen LogP contribution in [0.4, 0.5) is 0 Å². The molecule has 0 aromatic heterocycles. The highest BCUT2D eigenvalue weighted by atomic mass is 127. The zero-order valence-corrected chi connectivity index (χ0v) is 18.1. The summed E-state index contributed by atoms with van der Waals surface area (Å²) in [6.45, 7) is 1.85. The minimum absolute atomic E-state index is 0.370. The SMILES string of the molecule is CCC(Oc1ccc(-c2ccccc2)cc1)C(=O)NNC(=O)c1ccccc1I. The Bertz CT molecular complexity index is 975. The van der Waals surface area contributed by atoms with E-state index in [1.165, 1.54) is 0 Å². The van der Waals surface area contributed by atoms with Gasteiger partial charge >= 0.3 is 0 Å². The molecule has 2 N–H and O–H groups in total. The minimum Gasteiger partial charge on any atom is -0.481 e. The van der Waals surface area contributed by atoms with Gasteiger partial charge in [0, 0.05) is 3.57 Å². The number of hydrogen-bond acceptors (Lipinski definition) is 3. The second-order valence-electron chi connectivity index (χ2n) is 6.33. The zero-order valence-electron chi connectivity index (χ0n) is 15.9. The van der Waals surface area contributed by atoms with Gasteiger partial charge in [0.05, 0.1) is 5.56 Å². The lowest BCUT2D eigenvalue weighted by Gasteiger charge is -2.18. The van der Waals surface area contributed by atoms with Crippen molar-refractivity contribution in [2.45, 2.75) is 19.4 Å². The second-order valence-corrected chi connectivity index (χ2v) is 7.49. The zero-order chi connectivity index (χ0) is 20.6. The first-order chi connectivity index (χ1) is 14.1. The van der Waals surface area contributed by atoms with Crippen LogP contribution in [0, 0.1) is 3.57 Å². The molecule has 0 aliphatic rings. The molecule has 5 nitrogen and oxygen atoms in total. The van der Waals surface area contributed by atoms with Crippen molar-refractivity contribution in [3.8, 4) is 16.9 Å². The van der Waals surface area contributed by atoms with Crippen LogP contribution in [0.3, 0.4) is 0 Å². The number of carbonyl (C=O) groups is 2. The smallest absolute Gasteiger partial charge is 0.279 e. The molecule has 6 heteroatoms. The number of carbonyl (C=O) groups excluding carboxylic acids is 2. The predicted molar refractivity (Wildman–Crippen MR) is 121 cm³/mol. The first-order valence-electron chi connectivity index (χ1n) is 9.25. The molecule has 148 valence electrons. The molecule has 3 rings (SSSR count). The molecule has 1 unspecified atom stereocenters. The van der Waals surface area contributed by atoms with E-state index < -0.39 is 12.0 Å². The number of ether oxygens (including phenoxy) is 1. The molecule has 0 saturated carbocycles. The normalized spacial score (nSPS) is 11.4. The molecule has 0 aliphatic carbocycles. The van der Waals surface area contributed by atoms with Crippen LogP contribution in [0.25, 0.3) is 11.1 Å². The Morgan fingerprint density at radius 3 is 2.14 bits per heavy atom. The summed E-state index contributed by atoms with van der Waals surface area (Å²) in [7, 11) is 0. The Hall–Kier alpha value is -2.87. The van der Waals surface area contributed by atoms with Crippen molar-refractivity contribution in [3.05, 3.63) is 88.0 Å². The van der Waals surface area contributed by atoms with Gasteiger partial charge in [-0.1, -0.05) is 61.5 Å². The van der Waals surface area contributed by atoms with Gasteiger partial charge in [0.2, 0.25) is 0 Å². The Labute approximate surface area is 183 Å². The fraction of sp³-hybridized carbons (Fsp3) is 0.130. The molecule has 0 bridgehead atoms. The van der Waals surface area contributed by atoms with E-state index in [1.54, 1.807) is 12.1 Å². The molecule has 0 radical (unpaired) electrons. The summed E-state index contributed by atoms with van der Waals surface area (Å²) in [5, 5.41) is 0. The molecule has 29 heavy (non-hydrogen) atoms. The lowest BCUT2D eigenvalue weighted by Crippen LogP contribution is -2.48. The highest BCUT2D eigenvalue weighted by Gasteiger charge is 2.19. The van der Waals surface area contributed by atoms with E-state index in [9.17, 15) is 9.59 Å². The highest BCUT2D eigenvalue weighted by molar-refractivity contribution is 14.1. The van der Waals surface area contributed by atoms with Crippen molar-refractivity contribution < 1.29 is 14.3 Å². The van der Waals surface area contributed by atoms with E-state index in [4.69, 9.17) is 4.74 Å². The molecule has 2 amide bonds. The summed E-state index contributed by atoms with van der Waals surface area (Å²) >= 11 is 2.08. The third kappa shape index (κ3) is 5.57. The van der Waals surface area contributed by atoms with Crippen LogP contribution in [-0.4, -0.2) is 17.9 Å². The van der Waals surface area contributed by atoms with Gasteiger partial charge in [-0.05, 0) is 64.4 Å². The Morgan fingerprint density at radius 1 is 0.862 bits per heavy atom. The average Bonchev–Trinajstić information content (AvgIpc) is 2.77. The molecule has 3 aromatic rings. The number of hydrazine groups is 1. The molecule has 0 fully saturated rings. The summed E-state index contributed by atoms with van der Waals surface area (Å²) in [6, 6.07) is 24.8. The summed E-state index contributed by atoms with van der Waals surface area (Å²) in [4.78, 5) is 24.7. The maximum Gasteiger partial charge on any atom is 0.279 e. The van der Waals surface area contributed by atoms with Crippen molar-refractivity contribution in [2.24, 2.45) is 0 Å². The summed E-state index contributed by atoms with van der Waals surface area (Å²) in [5.41, 5.74) is 7.58. The van der Waals surface area contributed by atoms with E-state index in [2.05, 4.69) is 33.4 Å². The van der Waals surface area contributed by atoms with Crippen LogP contribution in [0.15, 0.2) is 78.9 Å². The number of hydrogen-bond donors (Lipinski definition) is 2. The fourth-order valence-electron chi connectivity index (χ4n) is 2.75. The third-order valence-electron chi connectivity index (χ3n) is 4.32. The second kappa shape index (κ2) is 10.1. The summed E-state index contributed by atoms with van der Waals surface area (Å²) in [5.74, 6) is -0.181.